The minimum absolute atomic E-state index is 0.0375. The van der Waals surface area contributed by atoms with Crippen molar-refractivity contribution in [2.75, 3.05) is 0 Å². The van der Waals surface area contributed by atoms with Gasteiger partial charge in [-0.2, -0.15) is 0 Å². The maximum atomic E-state index is 12.7. The molecule has 2 amide bonds. The van der Waals surface area contributed by atoms with Crippen molar-refractivity contribution < 1.29 is 9.59 Å². The number of carbonyl (C=O) groups excluding carboxylic acids is 2. The Kier molecular flexibility index (Phi) is 4.28. The Bertz CT molecular complexity index is 552. The highest BCUT2D eigenvalue weighted by Gasteiger charge is 2.46. The van der Waals surface area contributed by atoms with Crippen LogP contribution in [0.5, 0.6) is 0 Å². The summed E-state index contributed by atoms with van der Waals surface area (Å²) in [5, 5.41) is 3.48. The molecule has 0 aliphatic carbocycles. The molecule has 4 nitrogen and oxygen atoms in total. The zero-order valence-electron chi connectivity index (χ0n) is 12.8. The molecule has 0 bridgehead atoms. The number of carbonyl (C=O) groups is 2. The van der Waals surface area contributed by atoms with Gasteiger partial charge in [-0.05, 0) is 37.5 Å². The van der Waals surface area contributed by atoms with Crippen molar-refractivity contribution in [3.63, 3.8) is 0 Å². The van der Waals surface area contributed by atoms with Crippen LogP contribution in [-0.2, 0) is 16.1 Å². The number of piperazine rings is 1. The molecule has 5 heteroatoms. The van der Waals surface area contributed by atoms with Crippen LogP contribution in [-0.4, -0.2) is 28.3 Å². The molecule has 0 aromatic heterocycles. The van der Waals surface area contributed by atoms with Crippen LogP contribution in [0.4, 0.5) is 0 Å². The van der Waals surface area contributed by atoms with Gasteiger partial charge >= 0.3 is 0 Å². The van der Waals surface area contributed by atoms with Crippen molar-refractivity contribution in [3.05, 3.63) is 34.9 Å². The lowest BCUT2D eigenvalue weighted by Crippen LogP contribution is -2.69. The van der Waals surface area contributed by atoms with Crippen LogP contribution < -0.4 is 5.32 Å². The Balaban J connectivity index is 2.30. The highest BCUT2D eigenvalue weighted by atomic mass is 35.5. The van der Waals surface area contributed by atoms with Crippen molar-refractivity contribution in [1.82, 2.24) is 10.2 Å². The first kappa shape index (κ1) is 15.8. The van der Waals surface area contributed by atoms with E-state index in [1.54, 1.807) is 30.9 Å². The SMILES string of the molecule is CC(C)C1NC(=O)C(C)(C)N(Cc2ccc(Cl)cc2)C1=O. The van der Waals surface area contributed by atoms with E-state index >= 15 is 0 Å². The van der Waals surface area contributed by atoms with Crippen molar-refractivity contribution in [2.24, 2.45) is 5.92 Å². The van der Waals surface area contributed by atoms with Crippen molar-refractivity contribution in [1.29, 1.82) is 0 Å². The monoisotopic (exact) mass is 308 g/mol. The molecule has 1 saturated heterocycles. The Labute approximate surface area is 130 Å². The Morgan fingerprint density at radius 2 is 1.81 bits per heavy atom. The lowest BCUT2D eigenvalue weighted by molar-refractivity contribution is -0.157. The van der Waals surface area contributed by atoms with Gasteiger partial charge in [0.1, 0.15) is 11.6 Å². The maximum absolute atomic E-state index is 12.7. The van der Waals surface area contributed by atoms with E-state index in [-0.39, 0.29) is 17.7 Å². The topological polar surface area (TPSA) is 49.4 Å². The summed E-state index contributed by atoms with van der Waals surface area (Å²) in [6, 6.07) is 6.87. The summed E-state index contributed by atoms with van der Waals surface area (Å²) >= 11 is 5.88. The molecular weight excluding hydrogens is 288 g/mol. The second kappa shape index (κ2) is 5.68. The van der Waals surface area contributed by atoms with Crippen molar-refractivity contribution in [3.8, 4) is 0 Å². The zero-order valence-corrected chi connectivity index (χ0v) is 13.6. The average Bonchev–Trinajstić information content (AvgIpc) is 2.41. The summed E-state index contributed by atoms with van der Waals surface area (Å²) in [7, 11) is 0. The minimum Gasteiger partial charge on any atom is -0.342 e. The molecule has 21 heavy (non-hydrogen) atoms. The first-order valence-corrected chi connectivity index (χ1v) is 7.48. The largest absolute Gasteiger partial charge is 0.342 e. The zero-order chi connectivity index (χ0) is 15.8. The molecule has 1 aromatic rings. The van der Waals surface area contributed by atoms with Crippen LogP contribution in [0.1, 0.15) is 33.3 Å². The standard InChI is InChI=1S/C16H21ClN2O2/c1-10(2)13-14(20)19(16(3,4)15(21)18-13)9-11-5-7-12(17)8-6-11/h5-8,10,13H,9H2,1-4H3,(H,18,21). The lowest BCUT2D eigenvalue weighted by Gasteiger charge is -2.45. The molecule has 114 valence electrons. The fourth-order valence-corrected chi connectivity index (χ4v) is 2.57. The third-order valence-corrected chi connectivity index (χ3v) is 4.22. The van der Waals surface area contributed by atoms with Gasteiger partial charge in [0.25, 0.3) is 0 Å². The molecule has 1 aromatic carbocycles. The van der Waals surface area contributed by atoms with Gasteiger partial charge in [0, 0.05) is 11.6 Å². The van der Waals surface area contributed by atoms with Crippen LogP contribution in [0.15, 0.2) is 24.3 Å². The molecule has 1 heterocycles. The van der Waals surface area contributed by atoms with Gasteiger partial charge in [0.05, 0.1) is 0 Å². The first-order chi connectivity index (χ1) is 9.73. The normalized spacial score (nSPS) is 21.6. The molecule has 2 rings (SSSR count). The van der Waals surface area contributed by atoms with Gasteiger partial charge in [0.15, 0.2) is 0 Å². The summed E-state index contributed by atoms with van der Waals surface area (Å²) in [5.41, 5.74) is 0.0975. The number of hydrogen-bond donors (Lipinski definition) is 1. The quantitative estimate of drug-likeness (QED) is 0.933. The summed E-state index contributed by atoms with van der Waals surface area (Å²) < 4.78 is 0. The number of nitrogens with one attached hydrogen (secondary N) is 1. The highest BCUT2D eigenvalue weighted by Crippen LogP contribution is 2.26. The van der Waals surface area contributed by atoms with Crippen molar-refractivity contribution >= 4 is 23.4 Å². The van der Waals surface area contributed by atoms with Crippen LogP contribution >= 0.6 is 11.6 Å². The van der Waals surface area contributed by atoms with E-state index in [2.05, 4.69) is 5.32 Å². The molecule has 0 saturated carbocycles. The molecular formula is C16H21ClN2O2. The number of nitrogens with zero attached hydrogens (tertiary/aromatic N) is 1. The van der Waals surface area contributed by atoms with E-state index in [1.807, 2.05) is 26.0 Å². The molecule has 1 aliphatic heterocycles. The molecule has 0 radical (unpaired) electrons. The van der Waals surface area contributed by atoms with Gasteiger partial charge in [-0.25, -0.2) is 0 Å². The van der Waals surface area contributed by atoms with E-state index in [1.165, 1.54) is 0 Å². The third kappa shape index (κ3) is 3.05. The van der Waals surface area contributed by atoms with Gasteiger partial charge in [0.2, 0.25) is 11.8 Å². The van der Waals surface area contributed by atoms with Crippen LogP contribution in [0.3, 0.4) is 0 Å². The van der Waals surface area contributed by atoms with E-state index in [4.69, 9.17) is 11.6 Å². The summed E-state index contributed by atoms with van der Waals surface area (Å²) in [5.74, 6) is -0.0930. The predicted molar refractivity (Wildman–Crippen MR) is 82.8 cm³/mol. The smallest absolute Gasteiger partial charge is 0.246 e. The van der Waals surface area contributed by atoms with E-state index in [0.29, 0.717) is 11.6 Å². The second-order valence-corrected chi connectivity index (χ2v) is 6.74. The lowest BCUT2D eigenvalue weighted by atomic mass is 9.91. The molecule has 1 N–H and O–H groups in total. The minimum atomic E-state index is -0.859. The number of amides is 2. The van der Waals surface area contributed by atoms with E-state index < -0.39 is 11.6 Å². The second-order valence-electron chi connectivity index (χ2n) is 6.31. The molecule has 1 unspecified atom stereocenters. The molecule has 1 aliphatic rings. The van der Waals surface area contributed by atoms with Crippen LogP contribution in [0.2, 0.25) is 5.02 Å². The molecule has 1 atom stereocenters. The summed E-state index contributed by atoms with van der Waals surface area (Å²) in [6.45, 7) is 7.81. The molecule has 0 spiro atoms. The van der Waals surface area contributed by atoms with E-state index in [0.717, 1.165) is 5.56 Å². The predicted octanol–water partition coefficient (Wildman–Crippen LogP) is 2.60. The summed E-state index contributed by atoms with van der Waals surface area (Å²) in [6.07, 6.45) is 0. The summed E-state index contributed by atoms with van der Waals surface area (Å²) in [4.78, 5) is 26.6. The average molecular weight is 309 g/mol. The third-order valence-electron chi connectivity index (χ3n) is 3.97. The first-order valence-electron chi connectivity index (χ1n) is 7.10. The van der Waals surface area contributed by atoms with Crippen LogP contribution in [0, 0.1) is 5.92 Å². The fraction of sp³-hybridized carbons (Fsp3) is 0.500. The van der Waals surface area contributed by atoms with E-state index in [9.17, 15) is 9.59 Å². The Hall–Kier alpha value is -1.55. The highest BCUT2D eigenvalue weighted by molar-refractivity contribution is 6.30. The Morgan fingerprint density at radius 1 is 1.24 bits per heavy atom. The number of benzene rings is 1. The van der Waals surface area contributed by atoms with Gasteiger partial charge < -0.3 is 10.2 Å². The number of rotatable bonds is 3. The van der Waals surface area contributed by atoms with Gasteiger partial charge in [-0.3, -0.25) is 9.59 Å². The number of halogens is 1. The van der Waals surface area contributed by atoms with Gasteiger partial charge in [-0.1, -0.05) is 37.6 Å². The van der Waals surface area contributed by atoms with Crippen LogP contribution in [0.25, 0.3) is 0 Å². The molecule has 1 fully saturated rings. The van der Waals surface area contributed by atoms with Gasteiger partial charge in [-0.15, -0.1) is 0 Å². The fourth-order valence-electron chi connectivity index (χ4n) is 2.45. The number of hydrogen-bond acceptors (Lipinski definition) is 2. The Morgan fingerprint density at radius 3 is 2.33 bits per heavy atom. The van der Waals surface area contributed by atoms with Crippen molar-refractivity contribution in [2.45, 2.75) is 45.8 Å². The maximum Gasteiger partial charge on any atom is 0.246 e.